The maximum absolute atomic E-state index is 12.6. The van der Waals surface area contributed by atoms with Crippen LogP contribution >= 0.6 is 69.1 Å². The van der Waals surface area contributed by atoms with E-state index in [1.807, 2.05) is 22.9 Å². The Bertz CT molecular complexity index is 2500. The monoisotopic (exact) mass is 948 g/mol. The van der Waals surface area contributed by atoms with Crippen LogP contribution in [-0.2, 0) is 35.5 Å². The molecular weight excluding hydrogens is 918 g/mol. The molecule has 0 radical (unpaired) electrons. The van der Waals surface area contributed by atoms with Gasteiger partial charge in [0.25, 0.3) is 23.6 Å². The van der Waals surface area contributed by atoms with Crippen molar-refractivity contribution in [3.63, 3.8) is 0 Å². The minimum absolute atomic E-state index is 0.0347. The predicted molar refractivity (Wildman–Crippen MR) is 241 cm³/mol. The van der Waals surface area contributed by atoms with Gasteiger partial charge >= 0.3 is 11.9 Å². The maximum atomic E-state index is 12.6. The van der Waals surface area contributed by atoms with Crippen molar-refractivity contribution in [1.29, 1.82) is 0 Å². The Balaban J connectivity index is 0.000000186. The van der Waals surface area contributed by atoms with Crippen LogP contribution in [0.2, 0.25) is 20.1 Å². The molecule has 4 N–H and O–H groups in total. The van der Waals surface area contributed by atoms with Gasteiger partial charge < -0.3 is 30.6 Å². The molecular formula is C44H32Cl4N4O8S2. The Hall–Kier alpha value is -5.74. The Morgan fingerprint density at radius 3 is 1.44 bits per heavy atom. The molecule has 8 rings (SSSR count). The topological polar surface area (TPSA) is 173 Å². The second-order valence-electron chi connectivity index (χ2n) is 14.0. The quantitative estimate of drug-likeness (QED) is 0.0940. The molecule has 2 aliphatic heterocycles. The summed E-state index contributed by atoms with van der Waals surface area (Å²) in [5.74, 6) is -3.76. The first kappa shape index (κ1) is 44.3. The smallest absolute Gasteiger partial charge is 0.326 e. The number of aliphatic carboxylic acids is 2. The standard InChI is InChI=1S/2C22H16Cl2N2O4S/c23-15-2-1-3-16(24)18(15)20(27)25-17(22(29)30)10-12-4-6-14(7-5-12)26-11-13-8-9-31-19(13)21(26)28;23-15-2-1-3-16(24)19(15)20(27)25-17(22(29)30)10-12-4-6-13(7-5-12)26-11-18-14(21(26)28)8-9-31-18/h2*1-9,17H,10-11H2,(H,25,27)(H,29,30)/t2*17-/m00/s1. The molecule has 2 aromatic heterocycles. The van der Waals surface area contributed by atoms with Gasteiger partial charge in [-0.05, 0) is 88.1 Å². The summed E-state index contributed by atoms with van der Waals surface area (Å²) in [4.78, 5) is 78.7. The molecule has 4 aromatic carbocycles. The summed E-state index contributed by atoms with van der Waals surface area (Å²) in [7, 11) is 0. The number of halogens is 4. The molecule has 0 fully saturated rings. The molecule has 0 unspecified atom stereocenters. The number of nitrogens with zero attached hydrogens (tertiary/aromatic N) is 2. The molecule has 0 saturated heterocycles. The number of thiophene rings is 2. The van der Waals surface area contributed by atoms with Gasteiger partial charge in [0.1, 0.15) is 12.1 Å². The molecule has 0 aliphatic carbocycles. The summed E-state index contributed by atoms with van der Waals surface area (Å²) in [5, 5.41) is 28.5. The first-order chi connectivity index (χ1) is 29.7. The first-order valence-corrected chi connectivity index (χ1v) is 21.9. The Kier molecular flexibility index (Phi) is 13.7. The number of rotatable bonds is 12. The SMILES string of the molecule is O=C(N[C@@H](Cc1ccc(N2Cc3ccsc3C2=O)cc1)C(=O)O)c1c(Cl)cccc1Cl.O=C(N[C@@H](Cc1ccc(N2Cc3sccc3C2=O)cc1)C(=O)O)c1c(Cl)cccc1Cl. The fraction of sp³-hybridized carbons (Fsp3) is 0.136. The summed E-state index contributed by atoms with van der Waals surface area (Å²) in [6.45, 7) is 1.04. The highest BCUT2D eigenvalue weighted by Crippen LogP contribution is 2.33. The third-order valence-electron chi connectivity index (χ3n) is 10.00. The van der Waals surface area contributed by atoms with E-state index >= 15 is 0 Å². The van der Waals surface area contributed by atoms with Crippen LogP contribution in [0.4, 0.5) is 11.4 Å². The molecule has 0 spiro atoms. The second kappa shape index (κ2) is 19.1. The Morgan fingerprint density at radius 1 is 0.581 bits per heavy atom. The lowest BCUT2D eigenvalue weighted by atomic mass is 10.0. The molecule has 4 heterocycles. The average molecular weight is 951 g/mol. The lowest BCUT2D eigenvalue weighted by Crippen LogP contribution is -2.42. The van der Waals surface area contributed by atoms with E-state index in [1.54, 1.807) is 81.8 Å². The van der Waals surface area contributed by atoms with E-state index in [4.69, 9.17) is 46.4 Å². The van der Waals surface area contributed by atoms with Gasteiger partial charge in [0.05, 0.1) is 54.7 Å². The van der Waals surface area contributed by atoms with E-state index in [9.17, 15) is 39.0 Å². The van der Waals surface area contributed by atoms with Crippen LogP contribution in [0, 0.1) is 0 Å². The van der Waals surface area contributed by atoms with Crippen molar-refractivity contribution in [3.05, 3.63) is 171 Å². The van der Waals surface area contributed by atoms with E-state index in [2.05, 4.69) is 10.6 Å². The van der Waals surface area contributed by atoms with Gasteiger partial charge in [0, 0.05) is 29.1 Å². The van der Waals surface area contributed by atoms with Crippen LogP contribution in [0.25, 0.3) is 0 Å². The Labute approximate surface area is 382 Å². The van der Waals surface area contributed by atoms with Crippen LogP contribution in [0.5, 0.6) is 0 Å². The highest BCUT2D eigenvalue weighted by atomic mass is 35.5. The molecule has 2 atom stereocenters. The molecule has 4 amide bonds. The molecule has 0 saturated carbocycles. The molecule has 316 valence electrons. The highest BCUT2D eigenvalue weighted by molar-refractivity contribution is 7.12. The third kappa shape index (κ3) is 9.65. The average Bonchev–Trinajstić information content (AvgIpc) is 4.03. The minimum atomic E-state index is -1.18. The summed E-state index contributed by atoms with van der Waals surface area (Å²) in [6, 6.07) is 24.7. The lowest BCUT2D eigenvalue weighted by molar-refractivity contribution is -0.140. The van der Waals surface area contributed by atoms with Crippen LogP contribution in [0.1, 0.15) is 62.3 Å². The van der Waals surface area contributed by atoms with Gasteiger partial charge in [0.15, 0.2) is 0 Å². The molecule has 2 aliphatic rings. The number of carbonyl (C=O) groups is 6. The summed E-state index contributed by atoms with van der Waals surface area (Å²) in [6.07, 6.45) is 0.120. The number of nitrogens with one attached hydrogen (secondary N) is 2. The predicted octanol–water partition coefficient (Wildman–Crippen LogP) is 9.28. The number of fused-ring (bicyclic) bond motifs is 2. The van der Waals surface area contributed by atoms with Crippen molar-refractivity contribution in [2.75, 3.05) is 9.80 Å². The van der Waals surface area contributed by atoms with E-state index in [1.165, 1.54) is 35.6 Å². The number of carboxylic acid groups (broad SMARTS) is 2. The van der Waals surface area contributed by atoms with Crippen molar-refractivity contribution in [2.45, 2.75) is 38.0 Å². The van der Waals surface area contributed by atoms with Crippen LogP contribution < -0.4 is 20.4 Å². The van der Waals surface area contributed by atoms with E-state index in [-0.39, 0.29) is 55.9 Å². The third-order valence-corrected chi connectivity index (χ3v) is 13.1. The number of benzene rings is 4. The summed E-state index contributed by atoms with van der Waals surface area (Å²) < 4.78 is 0. The van der Waals surface area contributed by atoms with Crippen LogP contribution in [0.15, 0.2) is 108 Å². The molecule has 12 nitrogen and oxygen atoms in total. The Morgan fingerprint density at radius 2 is 1.02 bits per heavy atom. The fourth-order valence-electron chi connectivity index (χ4n) is 6.83. The second-order valence-corrected chi connectivity index (χ2v) is 17.5. The molecule has 6 aromatic rings. The first-order valence-electron chi connectivity index (χ1n) is 18.6. The van der Waals surface area contributed by atoms with Crippen molar-refractivity contribution in [2.24, 2.45) is 0 Å². The van der Waals surface area contributed by atoms with Gasteiger partial charge in [-0.15, -0.1) is 22.7 Å². The molecule has 18 heteroatoms. The number of hydrogen-bond acceptors (Lipinski definition) is 8. The maximum Gasteiger partial charge on any atom is 0.326 e. The zero-order valence-corrected chi connectivity index (χ0v) is 36.6. The number of hydrogen-bond donors (Lipinski definition) is 4. The van der Waals surface area contributed by atoms with Crippen molar-refractivity contribution >= 4 is 116 Å². The van der Waals surface area contributed by atoms with E-state index < -0.39 is 35.8 Å². The van der Waals surface area contributed by atoms with Gasteiger partial charge in [0.2, 0.25) is 0 Å². The van der Waals surface area contributed by atoms with E-state index in [0.29, 0.717) is 24.2 Å². The molecule has 62 heavy (non-hydrogen) atoms. The van der Waals surface area contributed by atoms with Gasteiger partial charge in [-0.1, -0.05) is 82.8 Å². The number of amides is 4. The van der Waals surface area contributed by atoms with Gasteiger partial charge in [-0.3, -0.25) is 19.2 Å². The minimum Gasteiger partial charge on any atom is -0.480 e. The van der Waals surface area contributed by atoms with Crippen molar-refractivity contribution in [3.8, 4) is 0 Å². The summed E-state index contributed by atoms with van der Waals surface area (Å²) in [5.41, 5.74) is 4.66. The van der Waals surface area contributed by atoms with Gasteiger partial charge in [-0.25, -0.2) is 9.59 Å². The normalized spacial score (nSPS) is 13.7. The lowest BCUT2D eigenvalue weighted by Gasteiger charge is -2.18. The molecule has 0 bridgehead atoms. The van der Waals surface area contributed by atoms with Crippen LogP contribution in [0.3, 0.4) is 0 Å². The highest BCUT2D eigenvalue weighted by Gasteiger charge is 2.31. The van der Waals surface area contributed by atoms with Crippen molar-refractivity contribution in [1.82, 2.24) is 10.6 Å². The zero-order valence-electron chi connectivity index (χ0n) is 31.9. The summed E-state index contributed by atoms with van der Waals surface area (Å²) >= 11 is 27.1. The van der Waals surface area contributed by atoms with E-state index in [0.717, 1.165) is 32.3 Å². The van der Waals surface area contributed by atoms with Crippen molar-refractivity contribution < 1.29 is 39.0 Å². The van der Waals surface area contributed by atoms with Gasteiger partial charge in [-0.2, -0.15) is 0 Å². The number of carbonyl (C=O) groups excluding carboxylic acids is 4. The largest absolute Gasteiger partial charge is 0.480 e. The number of carboxylic acids is 2. The fourth-order valence-corrected chi connectivity index (χ4v) is 9.69. The number of anilines is 2. The zero-order chi connectivity index (χ0) is 44.2. The van der Waals surface area contributed by atoms with Crippen LogP contribution in [-0.4, -0.2) is 57.9 Å².